The fourth-order valence-electron chi connectivity index (χ4n) is 3.52. The van der Waals surface area contributed by atoms with E-state index in [2.05, 4.69) is 39.2 Å². The van der Waals surface area contributed by atoms with Gasteiger partial charge < -0.3 is 9.92 Å². The molecule has 0 aliphatic carbocycles. The normalized spacial score (nSPS) is 21.9. The fourth-order valence-corrected chi connectivity index (χ4v) is 3.52. The number of allylic oxidation sites excluding steroid dienone is 2. The Morgan fingerprint density at radius 3 is 2.61 bits per heavy atom. The summed E-state index contributed by atoms with van der Waals surface area (Å²) in [5, 5.41) is 11.8. The van der Waals surface area contributed by atoms with E-state index in [9.17, 15) is 5.11 Å². The van der Waals surface area contributed by atoms with Crippen molar-refractivity contribution in [2.75, 3.05) is 6.54 Å². The molecule has 0 spiro atoms. The molecule has 0 bridgehead atoms. The quantitative estimate of drug-likeness (QED) is 0.606. The summed E-state index contributed by atoms with van der Waals surface area (Å²) in [6.45, 7) is 13.0. The van der Waals surface area contributed by atoms with Crippen molar-refractivity contribution in [3.8, 4) is 0 Å². The Morgan fingerprint density at radius 2 is 2.04 bits per heavy atom. The van der Waals surface area contributed by atoms with Crippen molar-refractivity contribution in [1.29, 1.82) is 0 Å². The Labute approximate surface area is 141 Å². The van der Waals surface area contributed by atoms with Gasteiger partial charge in [-0.3, -0.25) is 0 Å². The van der Waals surface area contributed by atoms with Crippen LogP contribution in [0.1, 0.15) is 32.3 Å². The van der Waals surface area contributed by atoms with Crippen LogP contribution >= 0.6 is 0 Å². The van der Waals surface area contributed by atoms with Crippen LogP contribution in [0.3, 0.4) is 0 Å². The molecule has 1 aliphatic rings. The van der Waals surface area contributed by atoms with Gasteiger partial charge in [0.2, 0.25) is 7.41 Å². The van der Waals surface area contributed by atoms with Gasteiger partial charge in [0.05, 0.1) is 0 Å². The minimum atomic E-state index is -1.08. The zero-order chi connectivity index (χ0) is 16.9. The van der Waals surface area contributed by atoms with E-state index in [0.717, 1.165) is 30.5 Å². The largest absolute Gasteiger partial charge is 0.379 e. The number of nitrogens with zero attached hydrogens (tertiary/aromatic N) is 1. The van der Waals surface area contributed by atoms with Crippen LogP contribution in [0.15, 0.2) is 67.3 Å². The van der Waals surface area contributed by atoms with Gasteiger partial charge in [-0.25, -0.2) is 0 Å². The van der Waals surface area contributed by atoms with E-state index in [4.69, 9.17) is 0 Å². The summed E-state index contributed by atoms with van der Waals surface area (Å²) in [7, 11) is 2.24. The van der Waals surface area contributed by atoms with Gasteiger partial charge in [-0.1, -0.05) is 81.4 Å². The minimum Gasteiger partial charge on any atom is -0.379 e. The summed E-state index contributed by atoms with van der Waals surface area (Å²) < 4.78 is 0. The molecule has 0 aromatic heterocycles. The fraction of sp³-hybridized carbons (Fsp3) is 0.400. The maximum atomic E-state index is 11.8. The molecule has 0 saturated carbocycles. The molecule has 2 rings (SSSR count). The summed E-state index contributed by atoms with van der Waals surface area (Å²) in [5.41, 5.74) is 0.619. The Hall–Kier alpha value is -1.58. The van der Waals surface area contributed by atoms with Gasteiger partial charge in [0.15, 0.2) is 0 Å². The molecule has 1 saturated heterocycles. The topological polar surface area (TPSA) is 23.5 Å². The van der Waals surface area contributed by atoms with Crippen LogP contribution in [0.4, 0.5) is 0 Å². The van der Waals surface area contributed by atoms with E-state index >= 15 is 0 Å². The Bertz CT molecular complexity index is 566. The third-order valence-electron chi connectivity index (χ3n) is 4.44. The second-order valence-electron chi connectivity index (χ2n) is 6.48. The van der Waals surface area contributed by atoms with Crippen molar-refractivity contribution < 1.29 is 5.11 Å². The molecule has 2 unspecified atom stereocenters. The van der Waals surface area contributed by atoms with Crippen molar-refractivity contribution in [3.05, 3.63) is 72.9 Å². The van der Waals surface area contributed by atoms with Crippen molar-refractivity contribution in [2.45, 2.75) is 44.1 Å². The molecule has 23 heavy (non-hydrogen) atoms. The maximum Gasteiger partial charge on any atom is 0.211 e. The van der Waals surface area contributed by atoms with E-state index in [1.54, 1.807) is 12.2 Å². The molecule has 1 fully saturated rings. The van der Waals surface area contributed by atoms with Crippen LogP contribution in [-0.4, -0.2) is 29.9 Å². The lowest BCUT2D eigenvalue weighted by atomic mass is 9.71. The standard InChI is InChI=1S/C20H27BNO/c1-5-11-17(6-2)20(23,18-12-8-7-9-13-18)19-14-10-15-22(19)21-16(3)4/h5-9,11-13,16,19,23H,1-2,10,14-15H2,3-4H3/b17-11+. The van der Waals surface area contributed by atoms with Gasteiger partial charge in [-0.05, 0) is 30.5 Å². The van der Waals surface area contributed by atoms with Crippen LogP contribution in [0, 0.1) is 0 Å². The predicted octanol–water partition coefficient (Wildman–Crippen LogP) is 4.08. The molecule has 1 heterocycles. The monoisotopic (exact) mass is 308 g/mol. The van der Waals surface area contributed by atoms with Gasteiger partial charge in [-0.2, -0.15) is 0 Å². The average Bonchev–Trinajstić information content (AvgIpc) is 3.00. The second-order valence-corrected chi connectivity index (χ2v) is 6.48. The molecular weight excluding hydrogens is 281 g/mol. The SMILES string of the molecule is C=C/C=C(\C=C)C(O)(c1ccccc1)C1CCCN1[B]C(C)C. The predicted molar refractivity (Wildman–Crippen MR) is 99.4 cm³/mol. The maximum absolute atomic E-state index is 11.8. The molecule has 1 radical (unpaired) electrons. The number of hydrogen-bond donors (Lipinski definition) is 1. The van der Waals surface area contributed by atoms with Crippen LogP contribution in [-0.2, 0) is 5.60 Å². The summed E-state index contributed by atoms with van der Waals surface area (Å²) >= 11 is 0. The van der Waals surface area contributed by atoms with E-state index in [1.165, 1.54) is 0 Å². The Morgan fingerprint density at radius 1 is 1.35 bits per heavy atom. The highest BCUT2D eigenvalue weighted by molar-refractivity contribution is 6.34. The van der Waals surface area contributed by atoms with E-state index < -0.39 is 5.60 Å². The Kier molecular flexibility index (Phi) is 6.03. The van der Waals surface area contributed by atoms with Gasteiger partial charge >= 0.3 is 0 Å². The highest BCUT2D eigenvalue weighted by Crippen LogP contribution is 2.41. The van der Waals surface area contributed by atoms with E-state index in [1.807, 2.05) is 36.4 Å². The zero-order valence-corrected chi connectivity index (χ0v) is 14.3. The van der Waals surface area contributed by atoms with Crippen molar-refractivity contribution in [2.24, 2.45) is 0 Å². The summed E-state index contributed by atoms with van der Waals surface area (Å²) in [6.07, 6.45) is 7.38. The first-order chi connectivity index (χ1) is 11.0. The third kappa shape index (κ3) is 3.68. The summed E-state index contributed by atoms with van der Waals surface area (Å²) in [4.78, 5) is 2.30. The van der Waals surface area contributed by atoms with Crippen LogP contribution in [0.5, 0.6) is 0 Å². The molecule has 1 N–H and O–H groups in total. The van der Waals surface area contributed by atoms with E-state index in [0.29, 0.717) is 5.82 Å². The van der Waals surface area contributed by atoms with Gasteiger partial charge in [-0.15, -0.1) is 0 Å². The molecule has 1 aromatic carbocycles. The first-order valence-electron chi connectivity index (χ1n) is 8.38. The molecule has 2 nitrogen and oxygen atoms in total. The van der Waals surface area contributed by atoms with E-state index in [-0.39, 0.29) is 6.04 Å². The van der Waals surface area contributed by atoms with Gasteiger partial charge in [0.25, 0.3) is 0 Å². The minimum absolute atomic E-state index is 0.0106. The summed E-state index contributed by atoms with van der Waals surface area (Å²) in [6, 6.07) is 9.91. The summed E-state index contributed by atoms with van der Waals surface area (Å²) in [5.74, 6) is 0.450. The highest BCUT2D eigenvalue weighted by atomic mass is 16.3. The molecule has 2 atom stereocenters. The average molecular weight is 308 g/mol. The number of rotatable bonds is 7. The molecule has 1 aliphatic heterocycles. The lowest BCUT2D eigenvalue weighted by Gasteiger charge is -2.41. The van der Waals surface area contributed by atoms with Crippen molar-refractivity contribution in [1.82, 2.24) is 4.81 Å². The Balaban J connectivity index is 2.51. The smallest absolute Gasteiger partial charge is 0.211 e. The molecule has 0 amide bonds. The molecular formula is C20H27BNO. The van der Waals surface area contributed by atoms with Gasteiger partial charge in [0, 0.05) is 6.04 Å². The van der Waals surface area contributed by atoms with Crippen molar-refractivity contribution >= 4 is 7.41 Å². The van der Waals surface area contributed by atoms with Crippen LogP contribution < -0.4 is 0 Å². The lowest BCUT2D eigenvalue weighted by molar-refractivity contribution is 0.0189. The highest BCUT2D eigenvalue weighted by Gasteiger charge is 2.45. The van der Waals surface area contributed by atoms with Gasteiger partial charge in [0.1, 0.15) is 5.60 Å². The third-order valence-corrected chi connectivity index (χ3v) is 4.44. The molecule has 1 aromatic rings. The number of hydrogen-bond acceptors (Lipinski definition) is 2. The zero-order valence-electron chi connectivity index (χ0n) is 14.3. The lowest BCUT2D eigenvalue weighted by Crippen LogP contribution is -2.50. The molecule has 121 valence electrons. The first-order valence-corrected chi connectivity index (χ1v) is 8.38. The molecule has 3 heteroatoms. The van der Waals surface area contributed by atoms with Crippen LogP contribution in [0.25, 0.3) is 0 Å². The number of aliphatic hydroxyl groups is 1. The van der Waals surface area contributed by atoms with Crippen LogP contribution in [0.2, 0.25) is 5.82 Å². The van der Waals surface area contributed by atoms with Crippen molar-refractivity contribution in [3.63, 3.8) is 0 Å². The number of benzene rings is 1. The second kappa shape index (κ2) is 7.80. The first kappa shape index (κ1) is 17.8.